The Labute approximate surface area is 288 Å². The standard InChI is InChI=1S/C38H73N3O6/c1-3-5-7-9-11-13-15-16-18-20-22-24-26-28-36(43)40-30-32-41(33-37(44)45,34-38(46)47)31-29-39-35(42)27-25-23-21-19-17-14-12-10-8-6-4-2/h3-34H2,1-2H3,(H3-,39,40,42,43,44,45,46,47)/p+1. The molecule has 2 amide bonds. The molecule has 0 spiro atoms. The number of quaternary nitrogens is 1. The molecule has 0 saturated carbocycles. The molecule has 0 saturated heterocycles. The van der Waals surface area contributed by atoms with E-state index in [1.54, 1.807) is 0 Å². The lowest BCUT2D eigenvalue weighted by Crippen LogP contribution is -2.59. The zero-order valence-corrected chi connectivity index (χ0v) is 30.6. The van der Waals surface area contributed by atoms with E-state index in [0.29, 0.717) is 12.8 Å². The maximum absolute atomic E-state index is 12.4. The van der Waals surface area contributed by atoms with Crippen LogP contribution in [0.2, 0.25) is 0 Å². The monoisotopic (exact) mass is 669 g/mol. The molecule has 47 heavy (non-hydrogen) atoms. The molecular formula is C38H74N3O6+. The fourth-order valence-corrected chi connectivity index (χ4v) is 6.35. The van der Waals surface area contributed by atoms with Gasteiger partial charge in [0.05, 0.1) is 26.2 Å². The first-order valence-corrected chi connectivity index (χ1v) is 19.6. The summed E-state index contributed by atoms with van der Waals surface area (Å²) in [6, 6.07) is 0. The zero-order valence-electron chi connectivity index (χ0n) is 30.6. The quantitative estimate of drug-likeness (QED) is 0.0392. The van der Waals surface area contributed by atoms with Crippen LogP contribution in [0.5, 0.6) is 0 Å². The summed E-state index contributed by atoms with van der Waals surface area (Å²) in [5, 5.41) is 24.8. The van der Waals surface area contributed by atoms with E-state index in [0.717, 1.165) is 38.5 Å². The third kappa shape index (κ3) is 30.9. The second kappa shape index (κ2) is 32.4. The van der Waals surface area contributed by atoms with Crippen molar-refractivity contribution in [1.82, 2.24) is 10.6 Å². The predicted octanol–water partition coefficient (Wildman–Crippen LogP) is 8.39. The minimum Gasteiger partial charge on any atom is -0.477 e. The van der Waals surface area contributed by atoms with Gasteiger partial charge in [-0.3, -0.25) is 9.59 Å². The lowest BCUT2D eigenvalue weighted by Gasteiger charge is -2.36. The number of nitrogens with one attached hydrogen (secondary N) is 2. The summed E-state index contributed by atoms with van der Waals surface area (Å²) in [5.74, 6) is -2.37. The molecular weight excluding hydrogens is 594 g/mol. The first kappa shape index (κ1) is 44.8. The number of carbonyl (C=O) groups is 4. The van der Waals surface area contributed by atoms with E-state index >= 15 is 0 Å². The Balaban J connectivity index is 4.23. The van der Waals surface area contributed by atoms with Crippen molar-refractivity contribution >= 4 is 23.8 Å². The SMILES string of the molecule is CCCCCCCCCCCCCCCC(=O)NCC[N+](CCNC(=O)CCCCCCCCCCCCC)(CC(=O)O)CC(=O)O. The summed E-state index contributed by atoms with van der Waals surface area (Å²) < 4.78 is -0.234. The molecule has 9 nitrogen and oxygen atoms in total. The smallest absolute Gasteiger partial charge is 0.359 e. The summed E-state index contributed by atoms with van der Waals surface area (Å²) in [7, 11) is 0. The molecule has 0 rings (SSSR count). The fourth-order valence-electron chi connectivity index (χ4n) is 6.35. The number of carbonyl (C=O) groups excluding carboxylic acids is 2. The normalized spacial score (nSPS) is 11.4. The molecule has 276 valence electrons. The van der Waals surface area contributed by atoms with Crippen molar-refractivity contribution in [1.29, 1.82) is 0 Å². The van der Waals surface area contributed by atoms with Crippen LogP contribution >= 0.6 is 0 Å². The summed E-state index contributed by atoms with van der Waals surface area (Å²) in [5.41, 5.74) is 0. The van der Waals surface area contributed by atoms with Crippen LogP contribution in [0.1, 0.15) is 181 Å². The van der Waals surface area contributed by atoms with Gasteiger partial charge in [-0.25, -0.2) is 9.59 Å². The minimum atomic E-state index is -1.10. The van der Waals surface area contributed by atoms with Gasteiger partial charge in [0.2, 0.25) is 11.8 Å². The number of carboxylic acids is 2. The largest absolute Gasteiger partial charge is 0.477 e. The van der Waals surface area contributed by atoms with Crippen LogP contribution in [0.3, 0.4) is 0 Å². The molecule has 0 radical (unpaired) electrons. The highest BCUT2D eigenvalue weighted by molar-refractivity contribution is 5.76. The molecule has 4 N–H and O–H groups in total. The number of rotatable bonds is 36. The van der Waals surface area contributed by atoms with Crippen molar-refractivity contribution in [3.05, 3.63) is 0 Å². The van der Waals surface area contributed by atoms with Gasteiger partial charge >= 0.3 is 11.9 Å². The molecule has 0 fully saturated rings. The Kier molecular flexibility index (Phi) is 30.9. The fraction of sp³-hybridized carbons (Fsp3) is 0.895. The maximum Gasteiger partial charge on any atom is 0.359 e. The highest BCUT2D eigenvalue weighted by atomic mass is 16.4. The molecule has 0 aromatic heterocycles. The van der Waals surface area contributed by atoms with Crippen molar-refractivity contribution < 1.29 is 33.9 Å². The van der Waals surface area contributed by atoms with E-state index in [1.165, 1.54) is 116 Å². The van der Waals surface area contributed by atoms with Crippen LogP contribution in [0.4, 0.5) is 0 Å². The van der Waals surface area contributed by atoms with Crippen molar-refractivity contribution in [3.63, 3.8) is 0 Å². The van der Waals surface area contributed by atoms with Gasteiger partial charge in [0.1, 0.15) is 0 Å². The Hall–Kier alpha value is -2.16. The molecule has 0 heterocycles. The zero-order chi connectivity index (χ0) is 34.9. The molecule has 0 aliphatic heterocycles. The average Bonchev–Trinajstić information content (AvgIpc) is 3.01. The highest BCUT2D eigenvalue weighted by Crippen LogP contribution is 2.14. The summed E-state index contributed by atoms with van der Waals surface area (Å²) in [6.45, 7) is 4.47. The van der Waals surface area contributed by atoms with Crippen LogP contribution < -0.4 is 10.6 Å². The van der Waals surface area contributed by atoms with Crippen molar-refractivity contribution in [2.75, 3.05) is 39.3 Å². The molecule has 9 heteroatoms. The van der Waals surface area contributed by atoms with E-state index in [-0.39, 0.29) is 55.6 Å². The van der Waals surface area contributed by atoms with Crippen LogP contribution in [-0.2, 0) is 19.2 Å². The lowest BCUT2D eigenvalue weighted by atomic mass is 10.0. The third-order valence-corrected chi connectivity index (χ3v) is 9.27. The first-order valence-electron chi connectivity index (χ1n) is 19.6. The van der Waals surface area contributed by atoms with E-state index in [2.05, 4.69) is 24.5 Å². The highest BCUT2D eigenvalue weighted by Gasteiger charge is 2.33. The van der Waals surface area contributed by atoms with Gasteiger partial charge in [-0.15, -0.1) is 0 Å². The Morgan fingerprint density at radius 1 is 0.426 bits per heavy atom. The molecule has 0 aliphatic rings. The van der Waals surface area contributed by atoms with Crippen molar-refractivity contribution in [3.8, 4) is 0 Å². The van der Waals surface area contributed by atoms with Crippen molar-refractivity contribution in [2.45, 2.75) is 181 Å². The molecule has 0 bridgehead atoms. The van der Waals surface area contributed by atoms with Crippen LogP contribution in [0, 0.1) is 0 Å². The Morgan fingerprint density at radius 3 is 0.936 bits per heavy atom. The topological polar surface area (TPSA) is 133 Å². The van der Waals surface area contributed by atoms with Gasteiger partial charge < -0.3 is 25.3 Å². The average molecular weight is 669 g/mol. The number of aliphatic carboxylic acids is 2. The maximum atomic E-state index is 12.4. The lowest BCUT2D eigenvalue weighted by molar-refractivity contribution is -0.912. The molecule has 0 aromatic rings. The van der Waals surface area contributed by atoms with Crippen LogP contribution in [0.15, 0.2) is 0 Å². The minimum absolute atomic E-state index is 0.0860. The van der Waals surface area contributed by atoms with E-state index < -0.39 is 11.9 Å². The van der Waals surface area contributed by atoms with Gasteiger partial charge in [-0.1, -0.05) is 155 Å². The Bertz CT molecular complexity index is 775. The number of hydrogen-bond acceptors (Lipinski definition) is 4. The van der Waals surface area contributed by atoms with Gasteiger partial charge in [-0.2, -0.15) is 0 Å². The number of carboxylic acid groups (broad SMARTS) is 2. The number of unbranched alkanes of at least 4 members (excludes halogenated alkanes) is 22. The van der Waals surface area contributed by atoms with Crippen molar-refractivity contribution in [2.24, 2.45) is 0 Å². The predicted molar refractivity (Wildman–Crippen MR) is 192 cm³/mol. The molecule has 0 aromatic carbocycles. The van der Waals surface area contributed by atoms with E-state index in [4.69, 9.17) is 0 Å². The van der Waals surface area contributed by atoms with Gasteiger partial charge in [0, 0.05) is 12.8 Å². The molecule has 0 atom stereocenters. The second-order valence-corrected chi connectivity index (χ2v) is 13.9. The number of nitrogens with zero attached hydrogens (tertiary/aromatic N) is 1. The summed E-state index contributed by atoms with van der Waals surface area (Å²) >= 11 is 0. The van der Waals surface area contributed by atoms with E-state index in [1.807, 2.05) is 0 Å². The number of hydrogen-bond donors (Lipinski definition) is 4. The summed E-state index contributed by atoms with van der Waals surface area (Å²) in [4.78, 5) is 48.2. The third-order valence-electron chi connectivity index (χ3n) is 9.27. The molecule has 0 unspecified atom stereocenters. The summed E-state index contributed by atoms with van der Waals surface area (Å²) in [6.07, 6.45) is 30.3. The van der Waals surface area contributed by atoms with Gasteiger partial charge in [0.25, 0.3) is 0 Å². The van der Waals surface area contributed by atoms with E-state index in [9.17, 15) is 29.4 Å². The second-order valence-electron chi connectivity index (χ2n) is 13.9. The first-order chi connectivity index (χ1) is 22.7. The van der Waals surface area contributed by atoms with Gasteiger partial charge in [0.15, 0.2) is 13.1 Å². The van der Waals surface area contributed by atoms with Gasteiger partial charge in [-0.05, 0) is 12.8 Å². The van der Waals surface area contributed by atoms with Crippen LogP contribution in [0.25, 0.3) is 0 Å². The van der Waals surface area contributed by atoms with Crippen LogP contribution in [-0.4, -0.2) is 77.7 Å². The molecule has 0 aliphatic carbocycles. The number of amides is 2. The Morgan fingerprint density at radius 2 is 0.681 bits per heavy atom.